The summed E-state index contributed by atoms with van der Waals surface area (Å²) in [5.74, 6) is 1.01. The monoisotopic (exact) mass is 298 g/mol. The van der Waals surface area contributed by atoms with Crippen molar-refractivity contribution in [1.82, 2.24) is 15.5 Å². The van der Waals surface area contributed by atoms with Gasteiger partial charge < -0.3 is 14.5 Å². The molecule has 6 heteroatoms. The molecule has 1 aliphatic heterocycles. The number of nitrogens with one attached hydrogen (secondary N) is 1. The van der Waals surface area contributed by atoms with E-state index in [2.05, 4.69) is 28.5 Å². The van der Waals surface area contributed by atoms with Gasteiger partial charge in [0, 0.05) is 18.2 Å². The Morgan fingerprint density at radius 3 is 2.86 bits per heavy atom. The summed E-state index contributed by atoms with van der Waals surface area (Å²) < 4.78 is 11.3. The molecular formula is C16H18N4O2. The van der Waals surface area contributed by atoms with Crippen LogP contribution >= 0.6 is 0 Å². The van der Waals surface area contributed by atoms with Crippen LogP contribution in [0.3, 0.4) is 0 Å². The minimum absolute atomic E-state index is 0.257. The second-order valence-electron chi connectivity index (χ2n) is 5.41. The van der Waals surface area contributed by atoms with Gasteiger partial charge in [-0.05, 0) is 44.0 Å². The molecule has 0 unspecified atom stereocenters. The molecule has 1 N–H and O–H groups in total. The molecule has 1 fully saturated rings. The van der Waals surface area contributed by atoms with E-state index in [-0.39, 0.29) is 12.1 Å². The molecule has 0 aliphatic carbocycles. The number of hydrogen-bond donors (Lipinski definition) is 1. The molecule has 0 bridgehead atoms. The van der Waals surface area contributed by atoms with Gasteiger partial charge in [0.1, 0.15) is 0 Å². The summed E-state index contributed by atoms with van der Waals surface area (Å²) in [6, 6.07) is 9.41. The smallest absolute Gasteiger partial charge is 0.247 e. The standard InChI is InChI=1S/C16H18N4O2/c1-11(14-3-2-8-21-14)18-10-15-19-20-16(22-15)13-6-4-12(9-17)5-7-13/h4-7,11,14,18H,2-3,8,10H2,1H3/t11-,14-/m1/s1. The van der Waals surface area contributed by atoms with Crippen LogP contribution in [0.25, 0.3) is 11.5 Å². The molecule has 1 aromatic carbocycles. The first-order chi connectivity index (χ1) is 10.8. The third kappa shape index (κ3) is 3.32. The number of nitriles is 1. The van der Waals surface area contributed by atoms with E-state index in [1.54, 1.807) is 24.3 Å². The minimum Gasteiger partial charge on any atom is -0.419 e. The minimum atomic E-state index is 0.257. The van der Waals surface area contributed by atoms with Crippen LogP contribution in [0.1, 0.15) is 31.2 Å². The molecule has 3 rings (SSSR count). The third-order valence-electron chi connectivity index (χ3n) is 3.83. The molecule has 1 aromatic heterocycles. The highest BCUT2D eigenvalue weighted by molar-refractivity contribution is 5.54. The van der Waals surface area contributed by atoms with Gasteiger partial charge in [0.05, 0.1) is 24.3 Å². The van der Waals surface area contributed by atoms with E-state index in [0.29, 0.717) is 23.9 Å². The predicted molar refractivity (Wildman–Crippen MR) is 79.7 cm³/mol. The van der Waals surface area contributed by atoms with E-state index >= 15 is 0 Å². The Kier molecular flexibility index (Phi) is 4.47. The molecule has 1 aliphatic rings. The molecule has 2 aromatic rings. The summed E-state index contributed by atoms with van der Waals surface area (Å²) in [6.45, 7) is 3.47. The van der Waals surface area contributed by atoms with Crippen molar-refractivity contribution in [3.05, 3.63) is 35.7 Å². The van der Waals surface area contributed by atoms with E-state index in [1.807, 2.05) is 0 Å². The maximum Gasteiger partial charge on any atom is 0.247 e. The predicted octanol–water partition coefficient (Wildman–Crippen LogP) is 2.27. The Labute approximate surface area is 129 Å². The second kappa shape index (κ2) is 6.69. The Morgan fingerprint density at radius 2 is 2.18 bits per heavy atom. The average molecular weight is 298 g/mol. The first kappa shape index (κ1) is 14.7. The molecule has 114 valence electrons. The van der Waals surface area contributed by atoms with Crippen molar-refractivity contribution in [2.75, 3.05) is 6.61 Å². The highest BCUT2D eigenvalue weighted by Crippen LogP contribution is 2.19. The molecule has 0 spiro atoms. The van der Waals surface area contributed by atoms with Gasteiger partial charge in [-0.1, -0.05) is 0 Å². The van der Waals surface area contributed by atoms with Crippen molar-refractivity contribution >= 4 is 0 Å². The van der Waals surface area contributed by atoms with Crippen LogP contribution in [0.4, 0.5) is 0 Å². The summed E-state index contributed by atoms with van der Waals surface area (Å²) in [4.78, 5) is 0. The lowest BCUT2D eigenvalue weighted by molar-refractivity contribution is 0.0824. The van der Waals surface area contributed by atoms with Gasteiger partial charge in [-0.25, -0.2) is 0 Å². The summed E-state index contributed by atoms with van der Waals surface area (Å²) in [6.07, 6.45) is 2.48. The fraction of sp³-hybridized carbons (Fsp3) is 0.438. The van der Waals surface area contributed by atoms with Gasteiger partial charge in [0.2, 0.25) is 11.8 Å². The number of ether oxygens (including phenoxy) is 1. The van der Waals surface area contributed by atoms with Crippen molar-refractivity contribution < 1.29 is 9.15 Å². The van der Waals surface area contributed by atoms with Crippen LogP contribution in [-0.2, 0) is 11.3 Å². The quantitative estimate of drug-likeness (QED) is 0.911. The van der Waals surface area contributed by atoms with Crippen LogP contribution in [0.2, 0.25) is 0 Å². The highest BCUT2D eigenvalue weighted by atomic mass is 16.5. The van der Waals surface area contributed by atoms with Crippen molar-refractivity contribution in [2.24, 2.45) is 0 Å². The van der Waals surface area contributed by atoms with Crippen LogP contribution in [0.15, 0.2) is 28.7 Å². The number of rotatable bonds is 5. The van der Waals surface area contributed by atoms with Crippen molar-refractivity contribution in [3.8, 4) is 17.5 Å². The number of hydrogen-bond acceptors (Lipinski definition) is 6. The molecule has 2 atom stereocenters. The molecule has 1 saturated heterocycles. The Bertz CT molecular complexity index is 654. The van der Waals surface area contributed by atoms with E-state index in [9.17, 15) is 0 Å². The molecule has 0 saturated carbocycles. The topological polar surface area (TPSA) is 84.0 Å². The Morgan fingerprint density at radius 1 is 1.36 bits per heavy atom. The lowest BCUT2D eigenvalue weighted by atomic mass is 10.1. The van der Waals surface area contributed by atoms with E-state index in [1.165, 1.54) is 0 Å². The molecule has 6 nitrogen and oxygen atoms in total. The second-order valence-corrected chi connectivity index (χ2v) is 5.41. The summed E-state index contributed by atoms with van der Waals surface area (Å²) in [5.41, 5.74) is 1.42. The van der Waals surface area contributed by atoms with Crippen molar-refractivity contribution in [2.45, 2.75) is 38.5 Å². The zero-order valence-corrected chi connectivity index (χ0v) is 12.5. The van der Waals surface area contributed by atoms with Crippen LogP contribution in [0.5, 0.6) is 0 Å². The van der Waals surface area contributed by atoms with Gasteiger partial charge in [-0.15, -0.1) is 10.2 Å². The molecule has 0 amide bonds. The molecular weight excluding hydrogens is 280 g/mol. The number of aromatic nitrogens is 2. The SMILES string of the molecule is C[C@@H](NCc1nnc(-c2ccc(C#N)cc2)o1)[C@H]1CCCO1. The normalized spacial score (nSPS) is 19.0. The highest BCUT2D eigenvalue weighted by Gasteiger charge is 2.22. The molecule has 2 heterocycles. The van der Waals surface area contributed by atoms with Gasteiger partial charge in [-0.3, -0.25) is 0 Å². The Balaban J connectivity index is 1.59. The summed E-state index contributed by atoms with van der Waals surface area (Å²) >= 11 is 0. The van der Waals surface area contributed by atoms with Gasteiger partial charge in [0.15, 0.2) is 0 Å². The van der Waals surface area contributed by atoms with Crippen LogP contribution in [0, 0.1) is 11.3 Å². The van der Waals surface area contributed by atoms with Gasteiger partial charge >= 0.3 is 0 Å². The van der Waals surface area contributed by atoms with Crippen molar-refractivity contribution in [1.29, 1.82) is 5.26 Å². The van der Waals surface area contributed by atoms with Gasteiger partial charge in [0.25, 0.3) is 0 Å². The van der Waals surface area contributed by atoms with Crippen LogP contribution in [-0.4, -0.2) is 29.0 Å². The maximum atomic E-state index is 8.80. The summed E-state index contributed by atoms with van der Waals surface area (Å²) in [5, 5.41) is 20.2. The molecule has 22 heavy (non-hydrogen) atoms. The third-order valence-corrected chi connectivity index (χ3v) is 3.83. The number of nitrogens with zero attached hydrogens (tertiary/aromatic N) is 3. The van der Waals surface area contributed by atoms with Gasteiger partial charge in [-0.2, -0.15) is 5.26 Å². The first-order valence-electron chi connectivity index (χ1n) is 7.44. The summed E-state index contributed by atoms with van der Waals surface area (Å²) in [7, 11) is 0. The fourth-order valence-electron chi connectivity index (χ4n) is 2.51. The van der Waals surface area contributed by atoms with Crippen LogP contribution < -0.4 is 5.32 Å². The van der Waals surface area contributed by atoms with Crippen molar-refractivity contribution in [3.63, 3.8) is 0 Å². The van der Waals surface area contributed by atoms with E-state index < -0.39 is 0 Å². The van der Waals surface area contributed by atoms with E-state index in [4.69, 9.17) is 14.4 Å². The zero-order chi connectivity index (χ0) is 15.4. The molecule has 0 radical (unpaired) electrons. The lowest BCUT2D eigenvalue weighted by Crippen LogP contribution is -2.36. The lowest BCUT2D eigenvalue weighted by Gasteiger charge is -2.18. The zero-order valence-electron chi connectivity index (χ0n) is 12.5. The average Bonchev–Trinajstić information content (AvgIpc) is 3.24. The fourth-order valence-corrected chi connectivity index (χ4v) is 2.51. The number of benzene rings is 1. The van der Waals surface area contributed by atoms with E-state index in [0.717, 1.165) is 25.0 Å². The Hall–Kier alpha value is -2.23. The largest absolute Gasteiger partial charge is 0.419 e. The maximum absolute atomic E-state index is 8.80. The first-order valence-corrected chi connectivity index (χ1v) is 7.44.